The second-order valence-corrected chi connectivity index (χ2v) is 8.91. The number of rotatable bonds is 7. The molecule has 3 aromatic rings. The summed E-state index contributed by atoms with van der Waals surface area (Å²) in [7, 11) is 1.57. The molecule has 3 heterocycles. The summed E-state index contributed by atoms with van der Waals surface area (Å²) in [5.74, 6) is -0.0689. The van der Waals surface area contributed by atoms with E-state index >= 15 is 0 Å². The van der Waals surface area contributed by atoms with Gasteiger partial charge in [-0.05, 0) is 30.2 Å². The van der Waals surface area contributed by atoms with E-state index in [-0.39, 0.29) is 23.2 Å². The average Bonchev–Trinajstić information content (AvgIpc) is 3.53. The number of benzene rings is 2. The Hall–Kier alpha value is -4.16. The predicted octanol–water partition coefficient (Wildman–Crippen LogP) is 1.51. The Bertz CT molecular complexity index is 1350. The molecule has 2 aliphatic heterocycles. The predicted molar refractivity (Wildman–Crippen MR) is 137 cm³/mol. The summed E-state index contributed by atoms with van der Waals surface area (Å²) in [5, 5.41) is 18.9. The Morgan fingerprint density at radius 2 is 1.95 bits per heavy atom. The second-order valence-electron chi connectivity index (χ2n) is 7.96. The Morgan fingerprint density at radius 1 is 1.19 bits per heavy atom. The molecule has 0 N–H and O–H groups in total. The Labute approximate surface area is 217 Å². The number of amidine groups is 1. The van der Waals surface area contributed by atoms with Gasteiger partial charge in [0, 0.05) is 11.3 Å². The number of anilines is 1. The van der Waals surface area contributed by atoms with Crippen molar-refractivity contribution in [3.63, 3.8) is 0 Å². The topological polar surface area (TPSA) is 120 Å². The number of aromatic nitrogens is 2. The highest BCUT2D eigenvalue weighted by Crippen LogP contribution is 2.30. The van der Waals surface area contributed by atoms with Crippen LogP contribution in [-0.2, 0) is 9.53 Å². The van der Waals surface area contributed by atoms with Gasteiger partial charge < -0.3 is 14.6 Å². The van der Waals surface area contributed by atoms with E-state index in [0.29, 0.717) is 42.9 Å². The number of aliphatic imine (C=N–C) groups is 2. The highest BCUT2D eigenvalue weighted by molar-refractivity contribution is 8.14. The van der Waals surface area contributed by atoms with Crippen LogP contribution in [0.1, 0.15) is 5.56 Å². The molecule has 0 spiro atoms. The zero-order valence-electron chi connectivity index (χ0n) is 20.0. The van der Waals surface area contributed by atoms with Crippen molar-refractivity contribution in [1.82, 2.24) is 5.27 Å². The first-order chi connectivity index (χ1) is 18.1. The largest absolute Gasteiger partial charge is 0.861 e. The summed E-state index contributed by atoms with van der Waals surface area (Å²) in [6.07, 6.45) is 3.23. The molecule has 0 unspecified atom stereocenters. The quantitative estimate of drug-likeness (QED) is 0.199. The summed E-state index contributed by atoms with van der Waals surface area (Å²) >= 11 is 1.12. The van der Waals surface area contributed by atoms with Gasteiger partial charge in [-0.3, -0.25) is 14.2 Å². The van der Waals surface area contributed by atoms with Crippen LogP contribution in [0.4, 0.5) is 11.6 Å². The van der Waals surface area contributed by atoms with Crippen LogP contribution in [0.15, 0.2) is 81.0 Å². The molecule has 1 aromatic heterocycles. The number of ether oxygens (including phenoxy) is 2. The summed E-state index contributed by atoms with van der Waals surface area (Å²) in [5.41, 5.74) is 1.61. The smallest absolute Gasteiger partial charge is 0.324 e. The Morgan fingerprint density at radius 3 is 2.73 bits per heavy atom. The van der Waals surface area contributed by atoms with Crippen LogP contribution in [0, 0.1) is 0 Å². The van der Waals surface area contributed by atoms with Gasteiger partial charge >= 0.3 is 5.88 Å². The molecule has 37 heavy (non-hydrogen) atoms. The number of carbonyl (C=O) groups excluding carboxylic acids is 1. The number of nitrogens with zero attached hydrogens (tertiary/aromatic N) is 6. The first-order valence-corrected chi connectivity index (χ1v) is 12.5. The van der Waals surface area contributed by atoms with Crippen molar-refractivity contribution in [2.75, 3.05) is 49.1 Å². The number of hydrogen-bond acceptors (Lipinski definition) is 10. The lowest BCUT2D eigenvalue weighted by Crippen LogP contribution is -2.62. The molecule has 0 saturated carbocycles. The lowest BCUT2D eigenvalue weighted by molar-refractivity contribution is -0.759. The van der Waals surface area contributed by atoms with E-state index in [1.165, 1.54) is 9.69 Å². The monoisotopic (exact) mass is 520 g/mol. The van der Waals surface area contributed by atoms with Crippen molar-refractivity contribution >= 4 is 46.4 Å². The maximum Gasteiger partial charge on any atom is 0.324 e. The number of para-hydroxylation sites is 2. The molecule has 1 saturated heterocycles. The lowest BCUT2D eigenvalue weighted by atomic mass is 10.1. The highest BCUT2D eigenvalue weighted by atomic mass is 32.2. The molecule has 0 aliphatic carbocycles. The van der Waals surface area contributed by atoms with Gasteiger partial charge in [0.2, 0.25) is 5.27 Å². The minimum absolute atomic E-state index is 0.0460. The Balaban J connectivity index is 1.35. The molecule has 5 rings (SSSR count). The molecule has 11 nitrogen and oxygen atoms in total. The van der Waals surface area contributed by atoms with Gasteiger partial charge in [-0.25, -0.2) is 9.98 Å². The number of thioether (sulfide) groups is 1. The third-order valence-electron chi connectivity index (χ3n) is 5.56. The van der Waals surface area contributed by atoms with Crippen LogP contribution < -0.4 is 24.5 Å². The number of carbonyl (C=O) groups is 1. The molecular formula is C25H24N6O5S. The number of amides is 1. The highest BCUT2D eigenvalue weighted by Gasteiger charge is 2.32. The number of morpholine rings is 1. The van der Waals surface area contributed by atoms with Crippen molar-refractivity contribution in [2.24, 2.45) is 9.98 Å². The van der Waals surface area contributed by atoms with Crippen molar-refractivity contribution in [1.29, 1.82) is 0 Å². The van der Waals surface area contributed by atoms with Crippen LogP contribution in [0.25, 0.3) is 6.08 Å². The van der Waals surface area contributed by atoms with E-state index in [2.05, 4.69) is 15.3 Å². The van der Waals surface area contributed by atoms with Crippen LogP contribution >= 0.6 is 11.8 Å². The summed E-state index contributed by atoms with van der Waals surface area (Å²) in [4.78, 5) is 24.9. The summed E-state index contributed by atoms with van der Waals surface area (Å²) in [6, 6.07) is 16.5. The van der Waals surface area contributed by atoms with Crippen LogP contribution in [0.3, 0.4) is 0 Å². The van der Waals surface area contributed by atoms with Gasteiger partial charge in [0.25, 0.3) is 12.1 Å². The molecular weight excluding hydrogens is 496 g/mol. The minimum Gasteiger partial charge on any atom is -0.861 e. The van der Waals surface area contributed by atoms with Gasteiger partial charge in [0.05, 0.1) is 43.9 Å². The van der Waals surface area contributed by atoms with Gasteiger partial charge in [0.1, 0.15) is 11.4 Å². The third kappa shape index (κ3) is 5.65. The molecule has 0 radical (unpaired) electrons. The molecule has 2 aromatic carbocycles. The van der Waals surface area contributed by atoms with Gasteiger partial charge in [-0.2, -0.15) is 0 Å². The zero-order chi connectivity index (χ0) is 25.6. The van der Waals surface area contributed by atoms with E-state index in [1.807, 2.05) is 59.6 Å². The SMILES string of the molecule is COc1ccccc1/C=C1/N=C(SC/C([O-])=N\c2c[n+](N3CCOCC3)no2)N(c2ccccc2)C1=O. The Kier molecular flexibility index (Phi) is 7.47. The van der Waals surface area contributed by atoms with Crippen molar-refractivity contribution < 1.29 is 28.7 Å². The van der Waals surface area contributed by atoms with E-state index in [4.69, 9.17) is 14.0 Å². The standard InChI is InChI=1S/C25H24N6O5S/c1-34-21-10-6-5-7-18(21)15-20-24(33)31(19-8-3-2-4-9-19)25(26-20)37-17-22(32)27-23-16-30(28-36-23)29-11-13-35-14-12-29/h2-10,15-16H,11-14,17H2,1H3/b20-15+. The number of methoxy groups -OCH3 is 1. The first-order valence-electron chi connectivity index (χ1n) is 11.5. The van der Waals surface area contributed by atoms with Crippen molar-refractivity contribution in [2.45, 2.75) is 0 Å². The summed E-state index contributed by atoms with van der Waals surface area (Å²) in [6.45, 7) is 2.50. The van der Waals surface area contributed by atoms with E-state index in [1.54, 1.807) is 19.4 Å². The molecule has 2 aliphatic rings. The van der Waals surface area contributed by atoms with Gasteiger partial charge in [-0.15, -0.1) is 5.01 Å². The van der Waals surface area contributed by atoms with Crippen molar-refractivity contribution in [3.05, 3.63) is 72.1 Å². The maximum absolute atomic E-state index is 13.4. The first kappa shape index (κ1) is 24.5. The fourth-order valence-corrected chi connectivity index (χ4v) is 4.58. The molecule has 0 atom stereocenters. The van der Waals surface area contributed by atoms with Gasteiger partial charge in [0.15, 0.2) is 5.17 Å². The van der Waals surface area contributed by atoms with Crippen molar-refractivity contribution in [3.8, 4) is 5.75 Å². The van der Waals surface area contributed by atoms with Gasteiger partial charge in [-0.1, -0.05) is 48.2 Å². The second kappa shape index (κ2) is 11.3. The minimum atomic E-state index is -0.444. The zero-order valence-corrected chi connectivity index (χ0v) is 20.8. The third-order valence-corrected chi connectivity index (χ3v) is 6.48. The van der Waals surface area contributed by atoms with Crippen LogP contribution in [-0.4, -0.2) is 61.4 Å². The maximum atomic E-state index is 13.4. The number of hydrogen-bond donors (Lipinski definition) is 0. The average molecular weight is 521 g/mol. The molecule has 12 heteroatoms. The fraction of sp³-hybridized carbons (Fsp3) is 0.240. The molecule has 190 valence electrons. The van der Waals surface area contributed by atoms with Crippen LogP contribution in [0.2, 0.25) is 0 Å². The van der Waals surface area contributed by atoms with E-state index in [9.17, 15) is 9.90 Å². The molecule has 1 amide bonds. The fourth-order valence-electron chi connectivity index (χ4n) is 3.78. The normalized spacial score (nSPS) is 17.4. The summed E-state index contributed by atoms with van der Waals surface area (Å²) < 4.78 is 15.9. The van der Waals surface area contributed by atoms with E-state index < -0.39 is 5.90 Å². The van der Waals surface area contributed by atoms with Crippen LogP contribution in [0.5, 0.6) is 5.75 Å². The van der Waals surface area contributed by atoms with E-state index in [0.717, 1.165) is 17.3 Å². The molecule has 1 fully saturated rings. The molecule has 0 bridgehead atoms. The lowest BCUT2D eigenvalue weighted by Gasteiger charge is -2.18.